The molecule has 0 saturated carbocycles. The Kier molecular flexibility index (Phi) is 28.0. The fraction of sp³-hybridized carbons (Fsp3) is 0.579. The van der Waals surface area contributed by atoms with E-state index in [1.54, 1.807) is 38.1 Å². The molecule has 4 nitrogen and oxygen atoms in total. The second kappa shape index (κ2) is 26.9. The third-order valence-electron chi connectivity index (χ3n) is 5.57. The van der Waals surface area contributed by atoms with Crippen molar-refractivity contribution < 1.29 is 18.7 Å². The Morgan fingerprint density at radius 2 is 1.48 bits per heavy atom. The van der Waals surface area contributed by atoms with Crippen LogP contribution in [0.2, 0.25) is 5.02 Å². The molecule has 0 heterocycles. The molecular weight excluding hydrogens is 573 g/mol. The van der Waals surface area contributed by atoms with Crippen molar-refractivity contribution in [3.8, 4) is 0 Å². The molecule has 0 spiro atoms. The van der Waals surface area contributed by atoms with Crippen LogP contribution in [-0.2, 0) is 14.3 Å². The fourth-order valence-corrected chi connectivity index (χ4v) is 3.35. The molecule has 0 radical (unpaired) electrons. The second-order valence-electron chi connectivity index (χ2n) is 12.6. The number of carbonyl (C=O) groups is 2. The number of ketones is 2. The number of hydrogen-bond donors (Lipinski definition) is 0. The number of nitrogens with zero attached hydrogens (tertiary/aromatic N) is 1. The first-order valence-corrected chi connectivity index (χ1v) is 16.2. The Labute approximate surface area is 275 Å². The van der Waals surface area contributed by atoms with Crippen molar-refractivity contribution in [2.24, 2.45) is 5.41 Å². The van der Waals surface area contributed by atoms with E-state index in [1.165, 1.54) is 31.9 Å². The number of benzene rings is 1. The van der Waals surface area contributed by atoms with Gasteiger partial charge in [0.25, 0.3) is 0 Å². The van der Waals surface area contributed by atoms with E-state index in [4.69, 9.17) is 16.3 Å². The minimum Gasteiger partial charge on any atom is -0.494 e. The summed E-state index contributed by atoms with van der Waals surface area (Å²) in [7, 11) is 0. The van der Waals surface area contributed by atoms with E-state index in [9.17, 15) is 14.0 Å². The SMILES string of the molecule is C=C(C)c1ccc(F)c(Cl)c1.C=C/C(=C\C(C(C)=O)=C(C)C)OCCCN(CCC)CCCC.CC(C)(C)C.CCC(C)=O. The number of ether oxygens (including phenoxy) is 1. The smallest absolute Gasteiger partial charge is 0.159 e. The molecule has 0 unspecified atom stereocenters. The highest BCUT2D eigenvalue weighted by Gasteiger charge is 2.06. The Bertz CT molecular complexity index is 1040. The molecule has 0 aromatic heterocycles. The zero-order valence-electron chi connectivity index (χ0n) is 30.1. The van der Waals surface area contributed by atoms with Gasteiger partial charge in [-0.1, -0.05) is 96.9 Å². The van der Waals surface area contributed by atoms with E-state index in [-0.39, 0.29) is 16.6 Å². The van der Waals surface area contributed by atoms with Crippen molar-refractivity contribution in [3.63, 3.8) is 0 Å². The summed E-state index contributed by atoms with van der Waals surface area (Å²) in [5, 5.41) is 0.144. The summed E-state index contributed by atoms with van der Waals surface area (Å²) in [4.78, 5) is 23.9. The summed E-state index contributed by atoms with van der Waals surface area (Å²) in [6.07, 6.45) is 8.79. The van der Waals surface area contributed by atoms with Crippen LogP contribution < -0.4 is 0 Å². The van der Waals surface area contributed by atoms with Crippen molar-refractivity contribution in [3.05, 3.63) is 76.8 Å². The lowest BCUT2D eigenvalue weighted by Crippen LogP contribution is -2.27. The largest absolute Gasteiger partial charge is 0.494 e. The maximum Gasteiger partial charge on any atom is 0.159 e. The zero-order valence-corrected chi connectivity index (χ0v) is 30.8. The summed E-state index contributed by atoms with van der Waals surface area (Å²) in [6, 6.07) is 4.56. The molecule has 0 fully saturated rings. The Morgan fingerprint density at radius 1 is 0.955 bits per heavy atom. The summed E-state index contributed by atoms with van der Waals surface area (Å²) >= 11 is 5.54. The highest BCUT2D eigenvalue weighted by atomic mass is 35.5. The van der Waals surface area contributed by atoms with Gasteiger partial charge in [0.2, 0.25) is 0 Å². The van der Waals surface area contributed by atoms with Crippen LogP contribution in [0.1, 0.15) is 121 Å². The van der Waals surface area contributed by atoms with Gasteiger partial charge in [0.15, 0.2) is 5.78 Å². The van der Waals surface area contributed by atoms with Crippen LogP contribution >= 0.6 is 11.6 Å². The van der Waals surface area contributed by atoms with Crippen LogP contribution in [0.4, 0.5) is 4.39 Å². The number of hydrogen-bond acceptors (Lipinski definition) is 4. The molecule has 6 heteroatoms. The summed E-state index contributed by atoms with van der Waals surface area (Å²) < 4.78 is 18.4. The second-order valence-corrected chi connectivity index (χ2v) is 13.0. The quantitative estimate of drug-likeness (QED) is 0.0832. The van der Waals surface area contributed by atoms with Gasteiger partial charge in [0.1, 0.15) is 17.4 Å². The molecular formula is C38H63ClFNO3. The number of unbranched alkanes of at least 4 members (excludes halogenated alkanes) is 1. The fourth-order valence-electron chi connectivity index (χ4n) is 3.17. The lowest BCUT2D eigenvalue weighted by atomic mass is 10.0. The van der Waals surface area contributed by atoms with Crippen LogP contribution in [0.25, 0.3) is 5.57 Å². The average Bonchev–Trinajstić information content (AvgIpc) is 2.91. The molecule has 0 saturated heterocycles. The molecule has 0 aliphatic carbocycles. The van der Waals surface area contributed by atoms with Crippen LogP contribution in [0, 0.1) is 11.2 Å². The highest BCUT2D eigenvalue weighted by molar-refractivity contribution is 6.30. The van der Waals surface area contributed by atoms with E-state index in [1.807, 2.05) is 27.7 Å². The van der Waals surface area contributed by atoms with Crippen molar-refractivity contribution in [1.29, 1.82) is 0 Å². The number of Topliss-reactive ketones (excluding diaryl/α,β-unsaturated/α-hetero) is 2. The average molecular weight is 636 g/mol. The molecule has 0 aliphatic heterocycles. The van der Waals surface area contributed by atoms with Gasteiger partial charge in [-0.15, -0.1) is 0 Å². The lowest BCUT2D eigenvalue weighted by molar-refractivity contribution is -0.116. The first-order valence-electron chi connectivity index (χ1n) is 15.8. The van der Waals surface area contributed by atoms with Gasteiger partial charge in [-0.05, 0) is 102 Å². The lowest BCUT2D eigenvalue weighted by Gasteiger charge is -2.21. The van der Waals surface area contributed by atoms with Crippen molar-refractivity contribution in [2.45, 2.75) is 115 Å². The van der Waals surface area contributed by atoms with Gasteiger partial charge in [-0.2, -0.15) is 0 Å². The Morgan fingerprint density at radius 3 is 1.84 bits per heavy atom. The number of allylic oxidation sites excluding steroid dienone is 5. The van der Waals surface area contributed by atoms with E-state index in [0.717, 1.165) is 36.2 Å². The molecule has 0 amide bonds. The third-order valence-corrected chi connectivity index (χ3v) is 5.86. The number of carbonyl (C=O) groups excluding carboxylic acids is 2. The van der Waals surface area contributed by atoms with E-state index >= 15 is 0 Å². The van der Waals surface area contributed by atoms with Crippen molar-refractivity contribution in [2.75, 3.05) is 26.2 Å². The molecule has 44 heavy (non-hydrogen) atoms. The summed E-state index contributed by atoms with van der Waals surface area (Å²) in [5.74, 6) is 0.593. The van der Waals surface area contributed by atoms with Gasteiger partial charge < -0.3 is 14.4 Å². The summed E-state index contributed by atoms with van der Waals surface area (Å²) in [5.41, 5.74) is 3.95. The number of halogens is 2. The molecule has 0 aliphatic rings. The molecule has 1 rings (SSSR count). The molecule has 1 aromatic carbocycles. The highest BCUT2D eigenvalue weighted by Crippen LogP contribution is 2.20. The standard InChI is InChI=1S/C20H35NO2.C9H8ClF.C5H12.C4H8O/c1-7-10-13-21(12-8-2)14-11-15-23-19(9-3)16-20(17(4)5)18(6)22;1-6(2)7-3-4-9(11)8(10)5-7;1-5(2,3)4;1-3-4(2)5/h9,16H,3,7-8,10-15H2,1-2,4-6H3;3-5H,1H2,2H3;1-4H3;3H2,1-2H3/b19-16+;;;. The topological polar surface area (TPSA) is 46.6 Å². The van der Waals surface area contributed by atoms with Crippen LogP contribution in [0.3, 0.4) is 0 Å². The molecule has 0 atom stereocenters. The van der Waals surface area contributed by atoms with Crippen molar-refractivity contribution in [1.82, 2.24) is 4.90 Å². The van der Waals surface area contributed by atoms with E-state index in [2.05, 4.69) is 59.6 Å². The molecule has 0 bridgehead atoms. The van der Waals surface area contributed by atoms with Crippen molar-refractivity contribution >= 4 is 28.7 Å². The minimum atomic E-state index is -0.392. The van der Waals surface area contributed by atoms with Gasteiger partial charge in [-0.3, -0.25) is 4.79 Å². The van der Waals surface area contributed by atoms with Crippen LogP contribution in [0.15, 0.2) is 60.4 Å². The van der Waals surface area contributed by atoms with E-state index in [0.29, 0.717) is 29.8 Å². The Balaban J connectivity index is -0.000000650. The van der Waals surface area contributed by atoms with Crippen LogP contribution in [-0.4, -0.2) is 42.7 Å². The number of rotatable bonds is 15. The minimum absolute atomic E-state index is 0.0571. The maximum atomic E-state index is 12.6. The van der Waals surface area contributed by atoms with Gasteiger partial charge >= 0.3 is 0 Å². The van der Waals surface area contributed by atoms with Gasteiger partial charge in [0.05, 0.1) is 11.6 Å². The van der Waals surface area contributed by atoms with E-state index < -0.39 is 5.82 Å². The molecule has 1 aromatic rings. The zero-order chi connectivity index (χ0) is 34.9. The first-order chi connectivity index (χ1) is 20.3. The van der Waals surface area contributed by atoms with Gasteiger partial charge in [0, 0.05) is 18.5 Å². The van der Waals surface area contributed by atoms with Gasteiger partial charge in [-0.25, -0.2) is 4.39 Å². The monoisotopic (exact) mass is 635 g/mol. The maximum absolute atomic E-state index is 12.6. The summed E-state index contributed by atoms with van der Waals surface area (Å²) in [6.45, 7) is 35.4. The molecule has 0 N–H and O–H groups in total. The Hall–Kier alpha value is -2.50. The predicted molar refractivity (Wildman–Crippen MR) is 192 cm³/mol. The van der Waals surface area contributed by atoms with Crippen LogP contribution in [0.5, 0.6) is 0 Å². The first kappa shape index (κ1) is 45.9. The normalized spacial score (nSPS) is 10.7. The third kappa shape index (κ3) is 29.6. The predicted octanol–water partition coefficient (Wildman–Crippen LogP) is 11.5. The molecule has 252 valence electrons.